The highest BCUT2D eigenvalue weighted by Crippen LogP contribution is 2.15. The highest BCUT2D eigenvalue weighted by molar-refractivity contribution is 7.89. The molecule has 0 N–H and O–H groups in total. The van der Waals surface area contributed by atoms with E-state index in [9.17, 15) is 8.42 Å². The summed E-state index contributed by atoms with van der Waals surface area (Å²) in [6, 6.07) is 6.95. The van der Waals surface area contributed by atoms with Gasteiger partial charge < -0.3 is 4.74 Å². The van der Waals surface area contributed by atoms with Crippen LogP contribution in [0.15, 0.2) is 24.3 Å². The number of ether oxygens (including phenoxy) is 1. The number of sulfonamides is 1. The summed E-state index contributed by atoms with van der Waals surface area (Å²) in [5.41, 5.74) is 0. The van der Waals surface area contributed by atoms with E-state index >= 15 is 0 Å². The summed E-state index contributed by atoms with van der Waals surface area (Å²) < 4.78 is 30.3. The minimum atomic E-state index is -3.21. The summed E-state index contributed by atoms with van der Waals surface area (Å²) in [5, 5.41) is 0.222. The fourth-order valence-corrected chi connectivity index (χ4v) is 2.48. The summed E-state index contributed by atoms with van der Waals surface area (Å²) in [5.74, 6) is 0.676. The van der Waals surface area contributed by atoms with E-state index in [1.165, 1.54) is 4.31 Å². The molecule has 6 heteroatoms. The maximum absolute atomic E-state index is 11.8. The van der Waals surface area contributed by atoms with Gasteiger partial charge >= 0.3 is 0 Å². The van der Waals surface area contributed by atoms with Crippen molar-refractivity contribution in [2.45, 2.75) is 19.1 Å². The van der Waals surface area contributed by atoms with Crippen molar-refractivity contribution in [3.05, 3.63) is 29.3 Å². The molecule has 0 spiro atoms. The van der Waals surface area contributed by atoms with Gasteiger partial charge in [0.25, 0.3) is 0 Å². The van der Waals surface area contributed by atoms with Gasteiger partial charge in [-0.2, -0.15) is 0 Å². The number of halogens is 1. The maximum atomic E-state index is 11.8. The molecule has 0 bridgehead atoms. The Morgan fingerprint density at radius 3 is 2.33 bits per heavy atom. The third kappa shape index (κ3) is 4.15. The Morgan fingerprint density at radius 1 is 1.28 bits per heavy atom. The molecule has 0 saturated carbocycles. The molecule has 0 radical (unpaired) electrons. The largest absolute Gasteiger partial charge is 0.492 e. The zero-order chi connectivity index (χ0) is 13.8. The van der Waals surface area contributed by atoms with Crippen LogP contribution in [0.1, 0.15) is 13.8 Å². The van der Waals surface area contributed by atoms with Gasteiger partial charge in [0.2, 0.25) is 10.0 Å². The molecule has 4 nitrogen and oxygen atoms in total. The van der Waals surface area contributed by atoms with Crippen LogP contribution in [0, 0.1) is 0 Å². The molecule has 0 fully saturated rings. The van der Waals surface area contributed by atoms with Crippen molar-refractivity contribution in [1.82, 2.24) is 4.31 Å². The van der Waals surface area contributed by atoms with E-state index in [2.05, 4.69) is 0 Å². The first kappa shape index (κ1) is 15.3. The SMILES string of the molecule is CC(C)S(=O)(=O)N(C)CCOc1ccc(Cl)cc1. The first-order valence-corrected chi connectivity index (χ1v) is 7.55. The molecular weight excluding hydrogens is 274 g/mol. The molecule has 18 heavy (non-hydrogen) atoms. The Bertz CT molecular complexity index is 471. The summed E-state index contributed by atoms with van der Waals surface area (Å²) >= 11 is 5.75. The summed E-state index contributed by atoms with van der Waals surface area (Å²) in [4.78, 5) is 0. The number of hydrogen-bond donors (Lipinski definition) is 0. The van der Waals surface area contributed by atoms with Crippen molar-refractivity contribution in [1.29, 1.82) is 0 Å². The zero-order valence-corrected chi connectivity index (χ0v) is 12.3. The fraction of sp³-hybridized carbons (Fsp3) is 0.500. The van der Waals surface area contributed by atoms with Crippen molar-refractivity contribution in [3.63, 3.8) is 0 Å². The maximum Gasteiger partial charge on any atom is 0.216 e. The molecule has 1 aromatic carbocycles. The minimum Gasteiger partial charge on any atom is -0.492 e. The molecule has 0 heterocycles. The third-order valence-electron chi connectivity index (χ3n) is 2.52. The van der Waals surface area contributed by atoms with Crippen molar-refractivity contribution in [2.24, 2.45) is 0 Å². The summed E-state index contributed by atoms with van der Waals surface area (Å²) in [6.45, 7) is 3.95. The number of rotatable bonds is 6. The second-order valence-electron chi connectivity index (χ2n) is 4.22. The molecule has 0 atom stereocenters. The molecule has 0 aliphatic heterocycles. The first-order valence-electron chi connectivity index (χ1n) is 5.67. The first-order chi connectivity index (χ1) is 8.34. The number of nitrogens with zero attached hydrogens (tertiary/aromatic N) is 1. The van der Waals surface area contributed by atoms with Gasteiger partial charge in [0.15, 0.2) is 0 Å². The van der Waals surface area contributed by atoms with Gasteiger partial charge in [-0.15, -0.1) is 0 Å². The average molecular weight is 292 g/mol. The smallest absolute Gasteiger partial charge is 0.216 e. The van der Waals surface area contributed by atoms with Crippen LogP contribution in [0.25, 0.3) is 0 Å². The van der Waals surface area contributed by atoms with Gasteiger partial charge in [0.1, 0.15) is 12.4 Å². The molecule has 0 saturated heterocycles. The van der Waals surface area contributed by atoms with Crippen LogP contribution in [0.5, 0.6) is 5.75 Å². The predicted octanol–water partition coefficient (Wildman–Crippen LogP) is 2.39. The number of benzene rings is 1. The monoisotopic (exact) mass is 291 g/mol. The third-order valence-corrected chi connectivity index (χ3v) is 5.01. The van der Waals surface area contributed by atoms with Gasteiger partial charge in [0.05, 0.1) is 5.25 Å². The van der Waals surface area contributed by atoms with E-state index < -0.39 is 15.3 Å². The summed E-state index contributed by atoms with van der Waals surface area (Å²) in [7, 11) is -1.65. The van der Waals surface area contributed by atoms with Crippen LogP contribution in [-0.2, 0) is 10.0 Å². The van der Waals surface area contributed by atoms with Crippen molar-refractivity contribution in [2.75, 3.05) is 20.2 Å². The highest BCUT2D eigenvalue weighted by atomic mass is 35.5. The van der Waals surface area contributed by atoms with E-state index in [1.54, 1.807) is 45.2 Å². The normalized spacial score (nSPS) is 12.1. The lowest BCUT2D eigenvalue weighted by atomic mass is 10.3. The van der Waals surface area contributed by atoms with Crippen molar-refractivity contribution >= 4 is 21.6 Å². The molecule has 1 rings (SSSR count). The average Bonchev–Trinajstić information content (AvgIpc) is 2.31. The molecule has 102 valence electrons. The highest BCUT2D eigenvalue weighted by Gasteiger charge is 2.21. The molecule has 0 aromatic heterocycles. The standard InChI is InChI=1S/C12H18ClNO3S/c1-10(2)18(15,16)14(3)8-9-17-12-6-4-11(13)5-7-12/h4-7,10H,8-9H2,1-3H3. The second kappa shape index (κ2) is 6.41. The van der Waals surface area contributed by atoms with Crippen LogP contribution in [-0.4, -0.2) is 38.2 Å². The van der Waals surface area contributed by atoms with E-state index in [-0.39, 0.29) is 0 Å². The molecule has 1 aromatic rings. The zero-order valence-electron chi connectivity index (χ0n) is 10.8. The predicted molar refractivity (Wildman–Crippen MR) is 73.6 cm³/mol. The van der Waals surface area contributed by atoms with E-state index in [4.69, 9.17) is 16.3 Å². The molecule has 0 unspecified atom stereocenters. The van der Waals surface area contributed by atoms with Crippen LogP contribution in [0.2, 0.25) is 5.02 Å². The fourth-order valence-electron chi connectivity index (χ4n) is 1.31. The Morgan fingerprint density at radius 2 is 1.83 bits per heavy atom. The molecule has 0 amide bonds. The van der Waals surface area contributed by atoms with Crippen molar-refractivity contribution < 1.29 is 13.2 Å². The lowest BCUT2D eigenvalue weighted by Crippen LogP contribution is -2.35. The topological polar surface area (TPSA) is 46.6 Å². The molecule has 0 aliphatic rings. The molecular formula is C12H18ClNO3S. The van der Waals surface area contributed by atoms with Gasteiger partial charge in [-0.05, 0) is 38.1 Å². The van der Waals surface area contributed by atoms with Gasteiger partial charge in [-0.1, -0.05) is 11.6 Å². The quantitative estimate of drug-likeness (QED) is 0.808. The lowest BCUT2D eigenvalue weighted by Gasteiger charge is -2.19. The van der Waals surface area contributed by atoms with Crippen LogP contribution in [0.4, 0.5) is 0 Å². The van der Waals surface area contributed by atoms with Crippen LogP contribution < -0.4 is 4.74 Å². The number of likely N-dealkylation sites (N-methyl/N-ethyl adjacent to an activating group) is 1. The van der Waals surface area contributed by atoms with Gasteiger partial charge in [-0.3, -0.25) is 0 Å². The van der Waals surface area contributed by atoms with E-state index in [0.29, 0.717) is 23.9 Å². The Labute approximate surface area is 114 Å². The van der Waals surface area contributed by atoms with Crippen LogP contribution in [0.3, 0.4) is 0 Å². The molecule has 0 aliphatic carbocycles. The lowest BCUT2D eigenvalue weighted by molar-refractivity contribution is 0.286. The van der Waals surface area contributed by atoms with Gasteiger partial charge in [-0.25, -0.2) is 12.7 Å². The Hall–Kier alpha value is -0.780. The Balaban J connectivity index is 2.45. The second-order valence-corrected chi connectivity index (χ2v) is 7.25. The van der Waals surface area contributed by atoms with E-state index in [0.717, 1.165) is 0 Å². The van der Waals surface area contributed by atoms with Gasteiger partial charge in [0, 0.05) is 18.6 Å². The van der Waals surface area contributed by atoms with Crippen molar-refractivity contribution in [3.8, 4) is 5.75 Å². The van der Waals surface area contributed by atoms with Crippen LogP contribution >= 0.6 is 11.6 Å². The summed E-state index contributed by atoms with van der Waals surface area (Å²) in [6.07, 6.45) is 0. The minimum absolute atomic E-state index is 0.310. The number of hydrogen-bond acceptors (Lipinski definition) is 3. The van der Waals surface area contributed by atoms with E-state index in [1.807, 2.05) is 0 Å². The Kier molecular flexibility index (Phi) is 5.44.